The van der Waals surface area contributed by atoms with Gasteiger partial charge < -0.3 is 113 Å². The van der Waals surface area contributed by atoms with Gasteiger partial charge in [0, 0.05) is 6.92 Å². The van der Waals surface area contributed by atoms with E-state index in [-0.39, 0.29) is 35.8 Å². The topological polar surface area (TPSA) is 413 Å². The number of aliphatic hydroxyl groups excluding tert-OH is 11. The van der Waals surface area contributed by atoms with Gasteiger partial charge in [-0.2, -0.15) is 0 Å². The van der Waals surface area contributed by atoms with Crippen molar-refractivity contribution in [2.45, 2.75) is 248 Å². The quantitative estimate of drug-likeness (QED) is 0.0461. The van der Waals surface area contributed by atoms with Crippen LogP contribution in [0.25, 0.3) is 0 Å². The van der Waals surface area contributed by atoms with Crippen molar-refractivity contribution in [3.63, 3.8) is 0 Å². The summed E-state index contributed by atoms with van der Waals surface area (Å²) in [4.78, 5) is 53.3. The number of aliphatic hydroxyl groups is 11. The van der Waals surface area contributed by atoms with Crippen LogP contribution in [0.4, 0.5) is 0 Å². The molecule has 27 nitrogen and oxygen atoms in total. The summed E-state index contributed by atoms with van der Waals surface area (Å²) in [5.74, 6) is -4.68. The van der Waals surface area contributed by atoms with Crippen molar-refractivity contribution in [3.8, 4) is 0 Å². The van der Waals surface area contributed by atoms with Gasteiger partial charge in [-0.1, -0.05) is 96.5 Å². The Morgan fingerprint density at radius 1 is 0.573 bits per heavy atom. The SMILES string of the molecule is CC(=O)OC[C@@]12[C@H](O)C[C@]3(C)C(=CC[C@@H]4[C@@]5(C)CC[C@H](O[C@@H]6O[C@H](C(=O)O)[C@@H](O)[C@H](O[C@@H]7O[C@@H](CO)[C@H](O)[C@H]7O)[C@H]6O[C@@H]6O[C@H](CO)[C@H](O)[C@H](O)[C@H]6O)C(C)(C)[C@@H]5CC[C@]43C)[C@@H]1CC(C)(C)[C@@H](O[C@@H]1O[C@@H](C)[C@H](OC(=O)c3ccccc3)[C@@H](OC(=O)c3ccccc3)[C@H]1O)[C@@H]2O. The van der Waals surface area contributed by atoms with Crippen LogP contribution in [0.1, 0.15) is 128 Å². The van der Waals surface area contributed by atoms with Crippen molar-refractivity contribution >= 4 is 23.9 Å². The maximum Gasteiger partial charge on any atom is 0.338 e. The predicted octanol–water partition coefficient (Wildman–Crippen LogP) is 1.41. The fourth-order valence-corrected chi connectivity index (χ4v) is 18.7. The Balaban J connectivity index is 0.872. The van der Waals surface area contributed by atoms with Gasteiger partial charge in [0.1, 0.15) is 73.8 Å². The second kappa shape index (κ2) is 27.3. The summed E-state index contributed by atoms with van der Waals surface area (Å²) in [6.07, 6.45) is -32.5. The van der Waals surface area contributed by atoms with Crippen molar-refractivity contribution < 1.29 is 133 Å². The molecule has 4 saturated carbocycles. The highest BCUT2D eigenvalue weighted by atomic mass is 16.8. The average Bonchev–Trinajstić information content (AvgIpc) is 0.769. The minimum absolute atomic E-state index is 0.0522. The average molecular weight is 1360 g/mol. The predicted molar refractivity (Wildman–Crippen MR) is 329 cm³/mol. The maximum atomic E-state index is 13.8. The molecule has 27 heteroatoms. The van der Waals surface area contributed by atoms with Crippen LogP contribution in [-0.4, -0.2) is 246 Å². The third-order valence-electron chi connectivity index (χ3n) is 24.1. The number of carboxylic acid groups (broad SMARTS) is 1. The van der Waals surface area contributed by atoms with E-state index in [1.807, 2.05) is 27.7 Å². The zero-order valence-electron chi connectivity index (χ0n) is 55.4. The summed E-state index contributed by atoms with van der Waals surface area (Å²) in [5.41, 5.74) is -3.75. The van der Waals surface area contributed by atoms with Gasteiger partial charge in [0.05, 0.1) is 60.3 Å². The van der Waals surface area contributed by atoms with E-state index in [0.29, 0.717) is 32.1 Å². The van der Waals surface area contributed by atoms with Gasteiger partial charge in [-0.3, -0.25) is 4.79 Å². The number of aliphatic carboxylic acids is 1. The van der Waals surface area contributed by atoms with E-state index in [1.165, 1.54) is 19.1 Å². The second-order valence-corrected chi connectivity index (χ2v) is 30.2. The van der Waals surface area contributed by atoms with E-state index < -0.39 is 223 Å². The molecule has 0 bridgehead atoms. The van der Waals surface area contributed by atoms with E-state index in [2.05, 4.69) is 26.8 Å². The number of ether oxygens (including phenoxy) is 11. The molecule has 0 unspecified atom stereocenters. The van der Waals surface area contributed by atoms with Gasteiger partial charge in [0.2, 0.25) is 0 Å². The molecule has 0 spiro atoms. The Morgan fingerprint density at radius 2 is 1.12 bits per heavy atom. The third kappa shape index (κ3) is 12.4. The molecule has 2 aromatic rings. The molecule has 5 aliphatic carbocycles. The van der Waals surface area contributed by atoms with Crippen molar-refractivity contribution in [2.75, 3.05) is 19.8 Å². The number of rotatable bonds is 17. The number of esters is 3. The zero-order chi connectivity index (χ0) is 69.7. The van der Waals surface area contributed by atoms with Crippen molar-refractivity contribution in [3.05, 3.63) is 83.4 Å². The Kier molecular flexibility index (Phi) is 20.7. The Labute approximate surface area is 556 Å². The number of hydrogen-bond donors (Lipinski definition) is 12. The van der Waals surface area contributed by atoms with Gasteiger partial charge in [0.15, 0.2) is 43.5 Å². The molecule has 4 aliphatic heterocycles. The molecule has 534 valence electrons. The lowest BCUT2D eigenvalue weighted by molar-refractivity contribution is -0.386. The first-order chi connectivity index (χ1) is 45.2. The van der Waals surface area contributed by atoms with Gasteiger partial charge in [0.25, 0.3) is 0 Å². The minimum Gasteiger partial charge on any atom is -0.479 e. The van der Waals surface area contributed by atoms with Crippen LogP contribution in [0.15, 0.2) is 72.3 Å². The lowest BCUT2D eigenvalue weighted by Crippen LogP contribution is -2.72. The van der Waals surface area contributed by atoms with Gasteiger partial charge >= 0.3 is 23.9 Å². The smallest absolute Gasteiger partial charge is 0.338 e. The number of allylic oxidation sites excluding steroid dienone is 2. The number of benzene rings is 2. The maximum absolute atomic E-state index is 13.8. The van der Waals surface area contributed by atoms with Gasteiger partial charge in [-0.25, -0.2) is 14.4 Å². The van der Waals surface area contributed by atoms with Crippen LogP contribution in [0.3, 0.4) is 0 Å². The van der Waals surface area contributed by atoms with Crippen LogP contribution in [-0.2, 0) is 61.7 Å². The molecule has 11 rings (SSSR count). The number of carbonyl (C=O) groups is 4. The van der Waals surface area contributed by atoms with Crippen LogP contribution in [0, 0.1) is 50.2 Å². The molecule has 30 atom stereocenters. The van der Waals surface area contributed by atoms with Crippen LogP contribution in [0.5, 0.6) is 0 Å². The highest BCUT2D eigenvalue weighted by Crippen LogP contribution is 2.76. The van der Waals surface area contributed by atoms with Crippen molar-refractivity contribution in [1.82, 2.24) is 0 Å². The highest BCUT2D eigenvalue weighted by Gasteiger charge is 2.74. The summed E-state index contributed by atoms with van der Waals surface area (Å²) < 4.78 is 67.7. The van der Waals surface area contributed by atoms with E-state index in [0.717, 1.165) is 5.57 Å². The molecule has 0 radical (unpaired) electrons. The minimum atomic E-state index is -2.14. The number of hydrogen-bond acceptors (Lipinski definition) is 26. The number of carbonyl (C=O) groups excluding carboxylic acids is 3. The normalized spacial score (nSPS) is 46.4. The summed E-state index contributed by atoms with van der Waals surface area (Å²) in [7, 11) is 0. The summed E-state index contributed by atoms with van der Waals surface area (Å²) in [5, 5.41) is 136. The van der Waals surface area contributed by atoms with Crippen LogP contribution < -0.4 is 0 Å². The van der Waals surface area contributed by atoms with Crippen molar-refractivity contribution in [2.24, 2.45) is 50.2 Å². The third-order valence-corrected chi connectivity index (χ3v) is 24.1. The Morgan fingerprint density at radius 3 is 1.70 bits per heavy atom. The van der Waals surface area contributed by atoms with E-state index >= 15 is 0 Å². The first-order valence-corrected chi connectivity index (χ1v) is 33.4. The molecule has 2 aromatic carbocycles. The monoisotopic (exact) mass is 1360 g/mol. The molecule has 9 aliphatic rings. The van der Waals surface area contributed by atoms with Crippen LogP contribution >= 0.6 is 0 Å². The summed E-state index contributed by atoms with van der Waals surface area (Å²) in [6.45, 7) is 15.4. The largest absolute Gasteiger partial charge is 0.479 e. The molecular weight excluding hydrogens is 1260 g/mol. The highest BCUT2D eigenvalue weighted by molar-refractivity contribution is 5.90. The van der Waals surface area contributed by atoms with E-state index in [9.17, 15) is 80.5 Å². The lowest BCUT2D eigenvalue weighted by Gasteiger charge is -2.72. The molecule has 96 heavy (non-hydrogen) atoms. The first-order valence-electron chi connectivity index (χ1n) is 33.4. The summed E-state index contributed by atoms with van der Waals surface area (Å²) >= 11 is 0. The zero-order valence-corrected chi connectivity index (χ0v) is 55.4. The molecule has 8 fully saturated rings. The molecule has 0 amide bonds. The summed E-state index contributed by atoms with van der Waals surface area (Å²) in [6, 6.07) is 16.2. The fraction of sp³-hybridized carbons (Fsp3) is 0.739. The van der Waals surface area contributed by atoms with Crippen LogP contribution in [0.2, 0.25) is 0 Å². The molecule has 4 heterocycles. The number of carboxylic acids is 1. The van der Waals surface area contributed by atoms with E-state index in [1.54, 1.807) is 55.5 Å². The first kappa shape index (κ1) is 72.5. The molecule has 4 saturated heterocycles. The molecule has 0 aromatic heterocycles. The molecule has 12 N–H and O–H groups in total. The van der Waals surface area contributed by atoms with Gasteiger partial charge in [-0.15, -0.1) is 0 Å². The van der Waals surface area contributed by atoms with Gasteiger partial charge in [-0.05, 0) is 121 Å². The second-order valence-electron chi connectivity index (χ2n) is 30.2. The number of fused-ring (bicyclic) bond motifs is 7. The fourth-order valence-electron chi connectivity index (χ4n) is 18.7. The molecular formula is C69H96O27. The Bertz CT molecular complexity index is 3130. The van der Waals surface area contributed by atoms with Crippen molar-refractivity contribution in [1.29, 1.82) is 0 Å². The lowest BCUT2D eigenvalue weighted by atomic mass is 9.33. The van der Waals surface area contributed by atoms with E-state index in [4.69, 9.17) is 52.1 Å². The standard InChI is InChI=1S/C69H96O27/c1-31-50(91-58(84)33-16-12-10-13-17-33)52(92-59(85)34-18-14-11-15-19-34)49(80)62(87-31)96-56-55(81)69(30-86-32(2)72)36(26-64(56,3)4)35-20-21-40-66(7)24-23-42(65(5,6)39(66)22-25-67(40,8)68(35,9)27-41(69)73)90-63-54(95-61-47(78)45(76)43(74)37(28-70)88-61)51(48(79)53(94-63)57(82)83)93-60-46(77)44(75)38(29-71)89-60/h10-20,31,36-56,60-63,70-71,73-81H,21-30H2,1-9H3,(H,82,83)/t31-,36-,37+,38-,39-,40+,41+,42-,43-,44-,45-,46+,47+,48-,49+,50-,51-,52-,53-,54+,55-,56-,60-,61-,62-,63+,66-,67+,68+,69-/m0/s1. The Hall–Kier alpha value is -4.70.